The Morgan fingerprint density at radius 3 is 2.74 bits per heavy atom. The van der Waals surface area contributed by atoms with Crippen LogP contribution < -0.4 is 10.2 Å². The monoisotopic (exact) mass is 366 g/mol. The zero-order valence-corrected chi connectivity index (χ0v) is 15.8. The third-order valence-corrected chi connectivity index (χ3v) is 4.44. The Morgan fingerprint density at radius 1 is 1.30 bits per heavy atom. The van der Waals surface area contributed by atoms with Crippen molar-refractivity contribution in [2.45, 2.75) is 27.3 Å². The molecule has 0 aliphatic rings. The molecule has 2 N–H and O–H groups in total. The normalized spacial score (nSPS) is 11.6. The number of carbonyl (C=O) groups excluding carboxylic acids is 1. The van der Waals surface area contributed by atoms with Crippen molar-refractivity contribution in [1.29, 1.82) is 0 Å². The summed E-state index contributed by atoms with van der Waals surface area (Å²) in [6.45, 7) is 6.53. The number of nitrogens with zero attached hydrogens (tertiary/aromatic N) is 3. The first kappa shape index (κ1) is 18.4. The van der Waals surface area contributed by atoms with E-state index in [1.165, 1.54) is 13.2 Å². The zero-order valence-electron chi connectivity index (χ0n) is 15.8. The van der Waals surface area contributed by atoms with Crippen LogP contribution in [0.3, 0.4) is 0 Å². The summed E-state index contributed by atoms with van der Waals surface area (Å²) in [5.41, 5.74) is 5.76. The lowest BCUT2D eigenvalue weighted by Crippen LogP contribution is -2.19. The van der Waals surface area contributed by atoms with Gasteiger partial charge in [-0.15, -0.1) is 0 Å². The number of aromatic hydroxyl groups is 1. The second-order valence-corrected chi connectivity index (χ2v) is 6.13. The molecule has 140 valence electrons. The van der Waals surface area contributed by atoms with Crippen LogP contribution in [0.4, 0.5) is 0 Å². The molecule has 0 aliphatic heterocycles. The minimum atomic E-state index is -0.340. The van der Waals surface area contributed by atoms with Crippen molar-refractivity contribution in [3.05, 3.63) is 53.3 Å². The summed E-state index contributed by atoms with van der Waals surface area (Å²) in [5, 5.41) is 14.2. The van der Waals surface area contributed by atoms with Crippen LogP contribution in [-0.4, -0.2) is 33.4 Å². The van der Waals surface area contributed by atoms with Gasteiger partial charge in [0.15, 0.2) is 0 Å². The molecule has 0 atom stereocenters. The van der Waals surface area contributed by atoms with Crippen LogP contribution in [0.5, 0.6) is 11.5 Å². The Hall–Kier alpha value is -3.35. The fourth-order valence-corrected chi connectivity index (χ4v) is 2.99. The van der Waals surface area contributed by atoms with Crippen LogP contribution in [0.2, 0.25) is 0 Å². The Morgan fingerprint density at radius 2 is 2.07 bits per heavy atom. The molecule has 3 rings (SSSR count). The maximum atomic E-state index is 12.4. The van der Waals surface area contributed by atoms with E-state index in [-0.39, 0.29) is 11.7 Å². The second-order valence-electron chi connectivity index (χ2n) is 6.13. The van der Waals surface area contributed by atoms with Crippen LogP contribution in [-0.2, 0) is 6.54 Å². The minimum absolute atomic E-state index is 0.0341. The van der Waals surface area contributed by atoms with E-state index in [1.54, 1.807) is 31.2 Å². The van der Waals surface area contributed by atoms with E-state index < -0.39 is 0 Å². The number of methoxy groups -OCH3 is 1. The summed E-state index contributed by atoms with van der Waals surface area (Å²) in [6, 6.07) is 10.3. The van der Waals surface area contributed by atoms with Crippen molar-refractivity contribution in [3.63, 3.8) is 0 Å². The maximum Gasteiger partial charge on any atom is 0.271 e. The number of nitrogens with one attached hydrogen (secondary N) is 1. The minimum Gasteiger partial charge on any atom is -0.507 e. The number of fused-ring (bicyclic) bond motifs is 1. The van der Waals surface area contributed by atoms with Crippen LogP contribution in [0.15, 0.2) is 41.5 Å². The molecule has 2 aromatic carbocycles. The van der Waals surface area contributed by atoms with Crippen molar-refractivity contribution in [3.8, 4) is 11.5 Å². The van der Waals surface area contributed by atoms with E-state index in [9.17, 15) is 9.90 Å². The molecule has 1 aromatic heterocycles. The molecule has 3 aromatic rings. The number of imidazole rings is 1. The van der Waals surface area contributed by atoms with Gasteiger partial charge in [-0.3, -0.25) is 4.79 Å². The lowest BCUT2D eigenvalue weighted by Gasteiger charge is -2.07. The Labute approximate surface area is 157 Å². The van der Waals surface area contributed by atoms with E-state index in [0.29, 0.717) is 22.6 Å². The highest BCUT2D eigenvalue weighted by Crippen LogP contribution is 2.24. The molecule has 7 heteroatoms. The number of phenols is 1. The molecule has 27 heavy (non-hydrogen) atoms. The Kier molecular flexibility index (Phi) is 5.12. The number of aromatic nitrogens is 2. The molecular weight excluding hydrogens is 344 g/mol. The molecule has 0 bridgehead atoms. The summed E-state index contributed by atoms with van der Waals surface area (Å²) < 4.78 is 7.15. The van der Waals surface area contributed by atoms with Crippen LogP contribution in [0.1, 0.15) is 35.6 Å². The van der Waals surface area contributed by atoms with Crippen molar-refractivity contribution in [1.82, 2.24) is 15.0 Å². The number of phenolic OH excluding ortho intramolecular Hbond substituents is 1. The van der Waals surface area contributed by atoms with E-state index in [4.69, 9.17) is 4.74 Å². The van der Waals surface area contributed by atoms with Gasteiger partial charge in [-0.05, 0) is 51.1 Å². The van der Waals surface area contributed by atoms with Gasteiger partial charge in [-0.2, -0.15) is 5.10 Å². The summed E-state index contributed by atoms with van der Waals surface area (Å²) in [7, 11) is 1.53. The molecule has 0 unspecified atom stereocenters. The number of amides is 1. The standard InChI is InChI=1S/C20H22N4O3/c1-5-24-13(3)21-17-10-14(6-9-18(17)24)20(26)23-22-12(2)16-8-7-15(27-4)11-19(16)25/h6-11,25H,5H2,1-4H3,(H,23,26)/b22-12+. The van der Waals surface area contributed by atoms with E-state index in [0.717, 1.165) is 23.4 Å². The van der Waals surface area contributed by atoms with Crippen LogP contribution >= 0.6 is 0 Å². The van der Waals surface area contributed by atoms with Gasteiger partial charge >= 0.3 is 0 Å². The molecule has 7 nitrogen and oxygen atoms in total. The third kappa shape index (κ3) is 3.62. The highest BCUT2D eigenvalue weighted by Gasteiger charge is 2.11. The largest absolute Gasteiger partial charge is 0.507 e. The number of benzene rings is 2. The Bertz CT molecular complexity index is 1040. The number of aryl methyl sites for hydroxylation is 2. The van der Waals surface area contributed by atoms with Crippen LogP contribution in [0.25, 0.3) is 11.0 Å². The molecule has 1 heterocycles. The van der Waals surface area contributed by atoms with Gasteiger partial charge in [0.1, 0.15) is 17.3 Å². The molecule has 0 spiro atoms. The summed E-state index contributed by atoms with van der Waals surface area (Å²) >= 11 is 0. The quantitative estimate of drug-likeness (QED) is 0.536. The molecule has 1 amide bonds. The fraction of sp³-hybridized carbons (Fsp3) is 0.250. The lowest BCUT2D eigenvalue weighted by atomic mass is 10.1. The first-order chi connectivity index (χ1) is 12.9. The van der Waals surface area contributed by atoms with Gasteiger partial charge in [0.25, 0.3) is 5.91 Å². The molecular formula is C20H22N4O3. The molecule has 0 saturated heterocycles. The predicted molar refractivity (Wildman–Crippen MR) is 104 cm³/mol. The highest BCUT2D eigenvalue weighted by atomic mass is 16.5. The average Bonchev–Trinajstić information content (AvgIpc) is 2.99. The smallest absolute Gasteiger partial charge is 0.271 e. The molecule has 0 fully saturated rings. The SMILES string of the molecule is CCn1c(C)nc2cc(C(=O)N/N=C(\C)c3ccc(OC)cc3O)ccc21. The zero-order chi connectivity index (χ0) is 19.6. The van der Waals surface area contributed by atoms with Gasteiger partial charge in [-0.1, -0.05) is 0 Å². The number of hydrogen-bond acceptors (Lipinski definition) is 5. The Balaban J connectivity index is 1.80. The van der Waals surface area contributed by atoms with Crippen molar-refractivity contribution in [2.75, 3.05) is 7.11 Å². The van der Waals surface area contributed by atoms with E-state index >= 15 is 0 Å². The fourth-order valence-electron chi connectivity index (χ4n) is 2.99. The van der Waals surface area contributed by atoms with Gasteiger partial charge in [-0.25, -0.2) is 10.4 Å². The van der Waals surface area contributed by atoms with Crippen molar-refractivity contribution < 1.29 is 14.6 Å². The second kappa shape index (κ2) is 7.49. The summed E-state index contributed by atoms with van der Waals surface area (Å²) in [5.74, 6) is 1.15. The van der Waals surface area contributed by atoms with Crippen LogP contribution in [0, 0.1) is 6.92 Å². The van der Waals surface area contributed by atoms with Gasteiger partial charge in [0.2, 0.25) is 0 Å². The van der Waals surface area contributed by atoms with E-state index in [2.05, 4.69) is 27.0 Å². The number of ether oxygens (including phenoxy) is 1. The predicted octanol–water partition coefficient (Wildman–Crippen LogP) is 3.23. The molecule has 0 aliphatic carbocycles. The topological polar surface area (TPSA) is 88.7 Å². The average molecular weight is 366 g/mol. The molecule has 0 radical (unpaired) electrons. The number of rotatable bonds is 5. The van der Waals surface area contributed by atoms with Gasteiger partial charge in [0.05, 0.1) is 23.9 Å². The van der Waals surface area contributed by atoms with Crippen molar-refractivity contribution in [2.24, 2.45) is 5.10 Å². The van der Waals surface area contributed by atoms with Gasteiger partial charge in [0, 0.05) is 23.7 Å². The summed E-state index contributed by atoms with van der Waals surface area (Å²) in [6.07, 6.45) is 0. The lowest BCUT2D eigenvalue weighted by molar-refractivity contribution is 0.0955. The van der Waals surface area contributed by atoms with Crippen molar-refractivity contribution >= 4 is 22.7 Å². The van der Waals surface area contributed by atoms with E-state index in [1.807, 2.05) is 13.0 Å². The first-order valence-electron chi connectivity index (χ1n) is 8.63. The number of carbonyl (C=O) groups is 1. The number of hydrazone groups is 1. The van der Waals surface area contributed by atoms with Gasteiger partial charge < -0.3 is 14.4 Å². The molecule has 0 saturated carbocycles. The first-order valence-corrected chi connectivity index (χ1v) is 8.63. The number of hydrogen-bond donors (Lipinski definition) is 2. The third-order valence-electron chi connectivity index (χ3n) is 4.44. The maximum absolute atomic E-state index is 12.4. The summed E-state index contributed by atoms with van der Waals surface area (Å²) in [4.78, 5) is 16.9. The highest BCUT2D eigenvalue weighted by molar-refractivity contribution is 6.03.